The van der Waals surface area contributed by atoms with E-state index in [4.69, 9.17) is 4.74 Å². The van der Waals surface area contributed by atoms with Crippen LogP contribution >= 0.6 is 15.9 Å². The number of rotatable bonds is 4. The van der Waals surface area contributed by atoms with E-state index in [-0.39, 0.29) is 17.8 Å². The molecule has 18 heavy (non-hydrogen) atoms. The first-order valence-corrected chi connectivity index (χ1v) is 6.62. The van der Waals surface area contributed by atoms with E-state index in [2.05, 4.69) is 21.2 Å². The molecule has 0 radical (unpaired) electrons. The van der Waals surface area contributed by atoms with Crippen LogP contribution in [0.3, 0.4) is 0 Å². The Labute approximate surface area is 114 Å². The molecule has 1 aromatic rings. The van der Waals surface area contributed by atoms with Crippen molar-refractivity contribution in [2.24, 2.45) is 5.92 Å². The van der Waals surface area contributed by atoms with Crippen molar-refractivity contribution in [1.82, 2.24) is 0 Å². The Balaban J connectivity index is 1.88. The summed E-state index contributed by atoms with van der Waals surface area (Å²) in [6.45, 7) is 1.58. The van der Waals surface area contributed by atoms with Gasteiger partial charge in [0, 0.05) is 10.2 Å². The maximum atomic E-state index is 11.8. The van der Waals surface area contributed by atoms with Crippen molar-refractivity contribution in [1.29, 1.82) is 0 Å². The van der Waals surface area contributed by atoms with Gasteiger partial charge in [-0.15, -0.1) is 0 Å². The Morgan fingerprint density at radius 2 is 2.17 bits per heavy atom. The minimum absolute atomic E-state index is 0.00567. The second kappa shape index (κ2) is 5.52. The van der Waals surface area contributed by atoms with Gasteiger partial charge in [0.1, 0.15) is 0 Å². The van der Waals surface area contributed by atoms with Gasteiger partial charge in [-0.1, -0.05) is 22.0 Å². The molecule has 0 aliphatic heterocycles. The molecule has 5 heteroatoms. The lowest BCUT2D eigenvalue weighted by atomic mass is 10.3. The van der Waals surface area contributed by atoms with Crippen molar-refractivity contribution < 1.29 is 14.3 Å². The number of anilines is 1. The van der Waals surface area contributed by atoms with Crippen molar-refractivity contribution in [3.63, 3.8) is 0 Å². The first-order valence-electron chi connectivity index (χ1n) is 5.83. The highest BCUT2D eigenvalue weighted by Gasteiger charge is 2.33. The Morgan fingerprint density at radius 1 is 1.44 bits per heavy atom. The summed E-state index contributed by atoms with van der Waals surface area (Å²) in [4.78, 5) is 23.2. The molecule has 2 rings (SSSR count). The molecule has 0 saturated heterocycles. The van der Waals surface area contributed by atoms with Crippen LogP contribution in [0.5, 0.6) is 0 Å². The summed E-state index contributed by atoms with van der Waals surface area (Å²) in [6.07, 6.45) is 0.981. The van der Waals surface area contributed by atoms with Gasteiger partial charge in [-0.2, -0.15) is 0 Å². The molecule has 0 spiro atoms. The number of amides is 1. The van der Waals surface area contributed by atoms with E-state index in [1.807, 2.05) is 12.1 Å². The third kappa shape index (κ3) is 3.57. The van der Waals surface area contributed by atoms with E-state index in [1.54, 1.807) is 19.1 Å². The fourth-order valence-electron chi connectivity index (χ4n) is 1.45. The number of esters is 1. The van der Waals surface area contributed by atoms with Crippen LogP contribution in [0.1, 0.15) is 19.8 Å². The van der Waals surface area contributed by atoms with Crippen LogP contribution in [0.4, 0.5) is 5.69 Å². The van der Waals surface area contributed by atoms with E-state index in [1.165, 1.54) is 0 Å². The van der Waals surface area contributed by atoms with Crippen LogP contribution in [0, 0.1) is 5.92 Å². The van der Waals surface area contributed by atoms with Crippen LogP contribution in [-0.2, 0) is 14.3 Å². The average molecular weight is 312 g/mol. The van der Waals surface area contributed by atoms with Gasteiger partial charge in [-0.05, 0) is 38.0 Å². The Kier molecular flexibility index (Phi) is 4.01. The van der Waals surface area contributed by atoms with Crippen LogP contribution in [0.2, 0.25) is 0 Å². The van der Waals surface area contributed by atoms with Crippen molar-refractivity contribution in [2.75, 3.05) is 5.32 Å². The maximum Gasteiger partial charge on any atom is 0.309 e. The van der Waals surface area contributed by atoms with Gasteiger partial charge < -0.3 is 10.1 Å². The summed E-state index contributed by atoms with van der Waals surface area (Å²) >= 11 is 3.32. The molecule has 1 aliphatic carbocycles. The molecule has 1 aliphatic rings. The predicted molar refractivity (Wildman–Crippen MR) is 71.0 cm³/mol. The highest BCUT2D eigenvalue weighted by molar-refractivity contribution is 9.10. The number of benzene rings is 1. The number of carbonyl (C=O) groups excluding carboxylic acids is 2. The van der Waals surface area contributed by atoms with Gasteiger partial charge in [-0.25, -0.2) is 0 Å². The Bertz CT molecular complexity index is 471. The second-order valence-electron chi connectivity index (χ2n) is 4.35. The predicted octanol–water partition coefficient (Wildman–Crippen LogP) is 2.73. The molecule has 1 N–H and O–H groups in total. The lowest BCUT2D eigenvalue weighted by Crippen LogP contribution is -2.30. The molecule has 1 saturated carbocycles. The summed E-state index contributed by atoms with van der Waals surface area (Å²) in [6, 6.07) is 7.25. The van der Waals surface area contributed by atoms with Crippen LogP contribution in [-0.4, -0.2) is 18.0 Å². The van der Waals surface area contributed by atoms with E-state index in [0.29, 0.717) is 5.69 Å². The molecule has 0 bridgehead atoms. The fourth-order valence-corrected chi connectivity index (χ4v) is 1.85. The molecule has 1 fully saturated rings. The topological polar surface area (TPSA) is 55.4 Å². The standard InChI is InChI=1S/C13H14BrNO3/c1-8(18-13(17)9-5-6-9)12(16)15-11-4-2-3-10(14)7-11/h2-4,7-9H,5-6H2,1H3,(H,15,16)/t8-/m1/s1. The number of carbonyl (C=O) groups is 2. The molecule has 4 nitrogen and oxygen atoms in total. The molecular weight excluding hydrogens is 298 g/mol. The van der Waals surface area contributed by atoms with Gasteiger partial charge >= 0.3 is 5.97 Å². The first-order chi connectivity index (χ1) is 8.56. The summed E-state index contributed by atoms with van der Waals surface area (Å²) in [7, 11) is 0. The summed E-state index contributed by atoms with van der Waals surface area (Å²) in [5, 5.41) is 2.70. The largest absolute Gasteiger partial charge is 0.452 e. The number of halogens is 1. The number of hydrogen-bond donors (Lipinski definition) is 1. The number of ether oxygens (including phenoxy) is 1. The SMILES string of the molecule is C[C@@H](OC(=O)C1CC1)C(=O)Nc1cccc(Br)c1. The van der Waals surface area contributed by atoms with Gasteiger partial charge in [0.25, 0.3) is 5.91 Å². The molecule has 0 aromatic heterocycles. The number of nitrogens with one attached hydrogen (secondary N) is 1. The quantitative estimate of drug-likeness (QED) is 0.870. The summed E-state index contributed by atoms with van der Waals surface area (Å²) in [5.41, 5.74) is 0.670. The van der Waals surface area contributed by atoms with E-state index >= 15 is 0 Å². The van der Waals surface area contributed by atoms with Crippen LogP contribution < -0.4 is 5.32 Å². The normalized spacial score (nSPS) is 15.9. The zero-order chi connectivity index (χ0) is 13.1. The molecule has 1 aromatic carbocycles. The zero-order valence-corrected chi connectivity index (χ0v) is 11.6. The molecule has 0 heterocycles. The van der Waals surface area contributed by atoms with E-state index in [9.17, 15) is 9.59 Å². The minimum Gasteiger partial charge on any atom is -0.452 e. The zero-order valence-electron chi connectivity index (χ0n) is 9.98. The lowest BCUT2D eigenvalue weighted by Gasteiger charge is -2.13. The van der Waals surface area contributed by atoms with Crippen molar-refractivity contribution in [2.45, 2.75) is 25.9 Å². The molecule has 96 valence electrons. The summed E-state index contributed by atoms with van der Waals surface area (Å²) in [5.74, 6) is -0.583. The second-order valence-corrected chi connectivity index (χ2v) is 5.27. The van der Waals surface area contributed by atoms with Gasteiger partial charge in [0.15, 0.2) is 6.10 Å². The van der Waals surface area contributed by atoms with E-state index < -0.39 is 6.10 Å². The average Bonchev–Trinajstić information content (AvgIpc) is 3.12. The third-order valence-electron chi connectivity index (χ3n) is 2.66. The third-order valence-corrected chi connectivity index (χ3v) is 3.16. The van der Waals surface area contributed by atoms with Crippen LogP contribution in [0.15, 0.2) is 28.7 Å². The smallest absolute Gasteiger partial charge is 0.309 e. The maximum absolute atomic E-state index is 11.8. The lowest BCUT2D eigenvalue weighted by molar-refractivity contribution is -0.154. The van der Waals surface area contributed by atoms with Gasteiger partial charge in [-0.3, -0.25) is 9.59 Å². The molecule has 0 unspecified atom stereocenters. The Hall–Kier alpha value is -1.36. The van der Waals surface area contributed by atoms with Gasteiger partial charge in [0.2, 0.25) is 0 Å². The number of hydrogen-bond acceptors (Lipinski definition) is 3. The monoisotopic (exact) mass is 311 g/mol. The fraction of sp³-hybridized carbons (Fsp3) is 0.385. The van der Waals surface area contributed by atoms with E-state index in [0.717, 1.165) is 17.3 Å². The van der Waals surface area contributed by atoms with Crippen molar-refractivity contribution in [3.8, 4) is 0 Å². The van der Waals surface area contributed by atoms with Crippen molar-refractivity contribution >= 4 is 33.5 Å². The molecule has 1 atom stereocenters. The van der Waals surface area contributed by atoms with Crippen LogP contribution in [0.25, 0.3) is 0 Å². The summed E-state index contributed by atoms with van der Waals surface area (Å²) < 4.78 is 5.95. The highest BCUT2D eigenvalue weighted by Crippen LogP contribution is 2.30. The molecular formula is C13H14BrNO3. The minimum atomic E-state index is -0.767. The van der Waals surface area contributed by atoms with Gasteiger partial charge in [0.05, 0.1) is 5.92 Å². The Morgan fingerprint density at radius 3 is 2.78 bits per heavy atom. The molecule has 1 amide bonds. The highest BCUT2D eigenvalue weighted by atomic mass is 79.9. The van der Waals surface area contributed by atoms with Crippen molar-refractivity contribution in [3.05, 3.63) is 28.7 Å². The first kappa shape index (κ1) is 13.1.